The van der Waals surface area contributed by atoms with E-state index in [2.05, 4.69) is 5.32 Å². The number of nitrogen functional groups attached to an aromatic ring is 1. The van der Waals surface area contributed by atoms with Crippen LogP contribution in [0.5, 0.6) is 0 Å². The van der Waals surface area contributed by atoms with Gasteiger partial charge in [-0.25, -0.2) is 9.18 Å². The molecule has 8 heteroatoms. The van der Waals surface area contributed by atoms with Gasteiger partial charge in [0.15, 0.2) is 5.78 Å². The topological polar surface area (TPSA) is 99.1 Å². The summed E-state index contributed by atoms with van der Waals surface area (Å²) in [5, 5.41) is 2.64. The highest BCUT2D eigenvalue weighted by Gasteiger charge is 2.21. The van der Waals surface area contributed by atoms with Crippen LogP contribution in [0.1, 0.15) is 23.7 Å². The number of ketones is 1. The third-order valence-corrected chi connectivity index (χ3v) is 3.62. The van der Waals surface area contributed by atoms with Gasteiger partial charge in [-0.15, -0.1) is 0 Å². The normalized spacial score (nSPS) is 10.6. The number of para-hydroxylation sites is 1. The molecule has 1 heterocycles. The monoisotopic (exact) mass is 334 g/mol. The molecule has 0 aliphatic carbocycles. The summed E-state index contributed by atoms with van der Waals surface area (Å²) in [6, 6.07) is 5.87. The quantitative estimate of drug-likeness (QED) is 0.767. The van der Waals surface area contributed by atoms with E-state index in [1.165, 1.54) is 29.8 Å². The van der Waals surface area contributed by atoms with Gasteiger partial charge in [0, 0.05) is 13.6 Å². The zero-order chi connectivity index (χ0) is 17.9. The molecule has 7 nitrogen and oxygen atoms in total. The first-order chi connectivity index (χ1) is 11.4. The van der Waals surface area contributed by atoms with Crippen LogP contribution in [0.25, 0.3) is 0 Å². The molecule has 0 aliphatic rings. The van der Waals surface area contributed by atoms with Crippen molar-refractivity contribution in [1.82, 2.24) is 9.13 Å². The van der Waals surface area contributed by atoms with Crippen molar-refractivity contribution in [2.24, 2.45) is 7.05 Å². The summed E-state index contributed by atoms with van der Waals surface area (Å²) in [5.41, 5.74) is 4.41. The molecule has 2 aromatic rings. The lowest BCUT2D eigenvalue weighted by molar-refractivity contribution is 0.100. The van der Waals surface area contributed by atoms with Crippen LogP contribution < -0.4 is 22.3 Å². The van der Waals surface area contributed by atoms with Gasteiger partial charge in [-0.3, -0.25) is 18.7 Å². The molecule has 0 atom stereocenters. The van der Waals surface area contributed by atoms with Gasteiger partial charge < -0.3 is 11.1 Å². The Morgan fingerprint density at radius 2 is 1.96 bits per heavy atom. The van der Waals surface area contributed by atoms with E-state index in [4.69, 9.17) is 5.73 Å². The highest BCUT2D eigenvalue weighted by atomic mass is 19.1. The zero-order valence-electron chi connectivity index (χ0n) is 13.5. The van der Waals surface area contributed by atoms with Gasteiger partial charge in [0.25, 0.3) is 5.56 Å². The summed E-state index contributed by atoms with van der Waals surface area (Å²) >= 11 is 0. The van der Waals surface area contributed by atoms with E-state index in [0.29, 0.717) is 13.0 Å². The minimum atomic E-state index is -0.759. The molecule has 0 radical (unpaired) electrons. The fourth-order valence-electron chi connectivity index (χ4n) is 2.35. The second kappa shape index (κ2) is 7.12. The van der Waals surface area contributed by atoms with Crippen LogP contribution in [0.3, 0.4) is 0 Å². The molecule has 0 amide bonds. The number of Topliss-reactive ketones (excluding diaryl/α,β-unsaturated/α-hetero) is 1. The Hall–Kier alpha value is -2.90. The molecule has 0 saturated carbocycles. The van der Waals surface area contributed by atoms with Crippen molar-refractivity contribution in [2.75, 3.05) is 17.6 Å². The van der Waals surface area contributed by atoms with E-state index in [9.17, 15) is 18.8 Å². The van der Waals surface area contributed by atoms with Crippen molar-refractivity contribution < 1.29 is 9.18 Å². The number of rotatable bonds is 6. The summed E-state index contributed by atoms with van der Waals surface area (Å²) in [6.45, 7) is 1.82. The highest BCUT2D eigenvalue weighted by Crippen LogP contribution is 2.13. The largest absolute Gasteiger partial charge is 0.384 e. The predicted molar refractivity (Wildman–Crippen MR) is 89.9 cm³/mol. The number of hydrogen-bond donors (Lipinski definition) is 2. The maximum Gasteiger partial charge on any atom is 0.332 e. The number of nitrogens with two attached hydrogens (primary N) is 1. The number of hydrogen-bond acceptors (Lipinski definition) is 5. The first kappa shape index (κ1) is 17.5. The molecular formula is C16H19FN4O3. The minimum absolute atomic E-state index is 0.142. The number of aromatic nitrogens is 2. The summed E-state index contributed by atoms with van der Waals surface area (Å²) < 4.78 is 15.6. The fraction of sp³-hybridized carbons (Fsp3) is 0.312. The van der Waals surface area contributed by atoms with Crippen molar-refractivity contribution in [3.8, 4) is 0 Å². The van der Waals surface area contributed by atoms with Crippen molar-refractivity contribution in [1.29, 1.82) is 0 Å². The Bertz CT molecular complexity index is 886. The molecule has 1 aromatic carbocycles. The van der Waals surface area contributed by atoms with Crippen LogP contribution in [0.15, 0.2) is 33.9 Å². The van der Waals surface area contributed by atoms with E-state index in [1.807, 2.05) is 6.92 Å². The standard InChI is InChI=1S/C16H19FN4O3/c1-3-8-21-14(18)13(15(23)20(2)16(21)24)12(22)9-19-11-7-5-4-6-10(11)17/h4-7,19H,3,8-9,18H2,1-2H3. The zero-order valence-corrected chi connectivity index (χ0v) is 13.5. The van der Waals surface area contributed by atoms with Crippen LogP contribution in [-0.4, -0.2) is 21.5 Å². The van der Waals surface area contributed by atoms with E-state index >= 15 is 0 Å². The van der Waals surface area contributed by atoms with Crippen LogP contribution in [0, 0.1) is 5.82 Å². The van der Waals surface area contributed by atoms with Crippen LogP contribution in [-0.2, 0) is 13.6 Å². The Morgan fingerprint density at radius 1 is 1.29 bits per heavy atom. The first-order valence-corrected chi connectivity index (χ1v) is 7.49. The van der Waals surface area contributed by atoms with Crippen molar-refractivity contribution in [2.45, 2.75) is 19.9 Å². The molecule has 0 saturated heterocycles. The van der Waals surface area contributed by atoms with Gasteiger partial charge in [-0.05, 0) is 18.6 Å². The average Bonchev–Trinajstić information content (AvgIpc) is 2.56. The van der Waals surface area contributed by atoms with E-state index in [1.54, 1.807) is 6.07 Å². The average molecular weight is 334 g/mol. The molecule has 24 heavy (non-hydrogen) atoms. The molecule has 0 bridgehead atoms. The summed E-state index contributed by atoms with van der Waals surface area (Å²) in [7, 11) is 1.29. The predicted octanol–water partition coefficient (Wildman–Crippen LogP) is 0.973. The lowest BCUT2D eigenvalue weighted by Crippen LogP contribution is -2.43. The smallest absolute Gasteiger partial charge is 0.332 e. The van der Waals surface area contributed by atoms with Crippen LogP contribution in [0.4, 0.5) is 15.9 Å². The summed E-state index contributed by atoms with van der Waals surface area (Å²) in [4.78, 5) is 36.7. The van der Waals surface area contributed by atoms with Crippen molar-refractivity contribution in [3.05, 3.63) is 56.5 Å². The number of carbonyl (C=O) groups is 1. The van der Waals surface area contributed by atoms with Gasteiger partial charge in [0.05, 0.1) is 12.2 Å². The second-order valence-corrected chi connectivity index (χ2v) is 5.32. The third kappa shape index (κ3) is 3.22. The Balaban J connectivity index is 2.37. The Labute approximate surface area is 137 Å². The lowest BCUT2D eigenvalue weighted by Gasteiger charge is -2.14. The number of benzene rings is 1. The highest BCUT2D eigenvalue weighted by molar-refractivity contribution is 6.02. The molecular weight excluding hydrogens is 315 g/mol. The SMILES string of the molecule is CCCn1c(N)c(C(=O)CNc2ccccc2F)c(=O)n(C)c1=O. The van der Waals surface area contributed by atoms with E-state index < -0.39 is 22.8 Å². The summed E-state index contributed by atoms with van der Waals surface area (Å²) in [5.74, 6) is -1.28. The van der Waals surface area contributed by atoms with Gasteiger partial charge in [-0.1, -0.05) is 19.1 Å². The van der Waals surface area contributed by atoms with Crippen molar-refractivity contribution in [3.63, 3.8) is 0 Å². The molecule has 1 aromatic heterocycles. The Morgan fingerprint density at radius 3 is 2.58 bits per heavy atom. The number of halogens is 1. The maximum atomic E-state index is 13.6. The minimum Gasteiger partial charge on any atom is -0.384 e. The molecule has 2 rings (SSSR count). The molecule has 0 unspecified atom stereocenters. The van der Waals surface area contributed by atoms with Gasteiger partial charge in [-0.2, -0.15) is 0 Å². The molecule has 3 N–H and O–H groups in total. The summed E-state index contributed by atoms with van der Waals surface area (Å²) in [6.07, 6.45) is 0.615. The molecule has 128 valence electrons. The van der Waals surface area contributed by atoms with Crippen LogP contribution in [0.2, 0.25) is 0 Å². The number of carbonyl (C=O) groups excluding carboxylic acids is 1. The van der Waals surface area contributed by atoms with Crippen LogP contribution >= 0.6 is 0 Å². The third-order valence-electron chi connectivity index (χ3n) is 3.62. The maximum absolute atomic E-state index is 13.6. The molecule has 0 spiro atoms. The van der Waals surface area contributed by atoms with Crippen molar-refractivity contribution >= 4 is 17.3 Å². The van der Waals surface area contributed by atoms with Gasteiger partial charge >= 0.3 is 5.69 Å². The van der Waals surface area contributed by atoms with E-state index in [-0.39, 0.29) is 23.6 Å². The number of nitrogens with one attached hydrogen (secondary N) is 1. The second-order valence-electron chi connectivity index (χ2n) is 5.32. The van der Waals surface area contributed by atoms with E-state index in [0.717, 1.165) is 4.57 Å². The number of anilines is 2. The number of nitrogens with zero attached hydrogens (tertiary/aromatic N) is 2. The van der Waals surface area contributed by atoms with Gasteiger partial charge in [0.2, 0.25) is 0 Å². The molecule has 0 aliphatic heterocycles. The van der Waals surface area contributed by atoms with Gasteiger partial charge in [0.1, 0.15) is 17.2 Å². The molecule has 0 fully saturated rings. The first-order valence-electron chi connectivity index (χ1n) is 7.49. The lowest BCUT2D eigenvalue weighted by atomic mass is 10.1. The fourth-order valence-corrected chi connectivity index (χ4v) is 2.35. The Kier molecular flexibility index (Phi) is 5.18.